The van der Waals surface area contributed by atoms with Crippen LogP contribution in [0.5, 0.6) is 11.5 Å². The van der Waals surface area contributed by atoms with Crippen LogP contribution in [0.3, 0.4) is 0 Å². The molecule has 4 rings (SSSR count). The molecule has 3 aromatic carbocycles. The van der Waals surface area contributed by atoms with E-state index in [9.17, 15) is 10.2 Å². The van der Waals surface area contributed by atoms with Crippen LogP contribution in [0.1, 0.15) is 6.92 Å². The quantitative estimate of drug-likeness (QED) is 0.542. The molecule has 21 heavy (non-hydrogen) atoms. The zero-order valence-corrected chi connectivity index (χ0v) is 11.7. The summed E-state index contributed by atoms with van der Waals surface area (Å²) >= 11 is 0. The maximum atomic E-state index is 9.82. The lowest BCUT2D eigenvalue weighted by molar-refractivity contribution is 0.475. The van der Waals surface area contributed by atoms with Crippen LogP contribution in [-0.2, 0) is 6.54 Å². The average molecular weight is 277 g/mol. The van der Waals surface area contributed by atoms with Crippen LogP contribution in [0.4, 0.5) is 0 Å². The normalized spacial score (nSPS) is 11.7. The van der Waals surface area contributed by atoms with E-state index >= 15 is 0 Å². The number of benzene rings is 3. The van der Waals surface area contributed by atoms with Gasteiger partial charge in [0.1, 0.15) is 11.5 Å². The van der Waals surface area contributed by atoms with Crippen LogP contribution in [0.25, 0.3) is 32.6 Å². The Morgan fingerprint density at radius 1 is 0.810 bits per heavy atom. The van der Waals surface area contributed by atoms with Crippen molar-refractivity contribution in [1.29, 1.82) is 0 Å². The fourth-order valence-electron chi connectivity index (χ4n) is 3.22. The maximum absolute atomic E-state index is 9.82. The molecule has 0 atom stereocenters. The van der Waals surface area contributed by atoms with Gasteiger partial charge in [-0.15, -0.1) is 0 Å². The molecule has 104 valence electrons. The van der Waals surface area contributed by atoms with E-state index in [0.29, 0.717) is 0 Å². The molecular formula is C18H15NO2. The minimum Gasteiger partial charge on any atom is -0.508 e. The zero-order chi connectivity index (χ0) is 14.6. The lowest BCUT2D eigenvalue weighted by Gasteiger charge is -2.07. The number of aromatic nitrogens is 1. The first-order valence-electron chi connectivity index (χ1n) is 7.05. The van der Waals surface area contributed by atoms with Crippen molar-refractivity contribution in [3.63, 3.8) is 0 Å². The highest BCUT2D eigenvalue weighted by molar-refractivity contribution is 6.18. The maximum Gasteiger partial charge on any atom is 0.117 e. The molecule has 0 fully saturated rings. The van der Waals surface area contributed by atoms with Crippen molar-refractivity contribution in [2.45, 2.75) is 13.5 Å². The first-order valence-corrected chi connectivity index (χ1v) is 7.05. The summed E-state index contributed by atoms with van der Waals surface area (Å²) in [5.74, 6) is 0.540. The molecule has 3 heteroatoms. The minimum atomic E-state index is 0.269. The molecule has 1 aromatic heterocycles. The SMILES string of the molecule is CCn1c2cc(O)ccc2c2ccc3ccc(O)cc3c21. The molecule has 2 N–H and O–H groups in total. The standard InChI is InChI=1S/C18H15NO2/c1-2-19-17-10-13(21)6-8-14(17)15-7-4-11-3-5-12(20)9-16(11)18(15)19/h3-10,20-21H,2H2,1H3. The molecule has 0 spiro atoms. The second kappa shape index (κ2) is 4.16. The highest BCUT2D eigenvalue weighted by atomic mass is 16.3. The number of hydrogen-bond donors (Lipinski definition) is 2. The van der Waals surface area contributed by atoms with Crippen molar-refractivity contribution in [2.24, 2.45) is 0 Å². The van der Waals surface area contributed by atoms with Crippen LogP contribution in [-0.4, -0.2) is 14.8 Å². The van der Waals surface area contributed by atoms with Crippen molar-refractivity contribution in [3.8, 4) is 11.5 Å². The van der Waals surface area contributed by atoms with Gasteiger partial charge in [-0.25, -0.2) is 0 Å². The van der Waals surface area contributed by atoms with Gasteiger partial charge in [0.25, 0.3) is 0 Å². The monoisotopic (exact) mass is 277 g/mol. The summed E-state index contributed by atoms with van der Waals surface area (Å²) in [6, 6.07) is 15.1. The summed E-state index contributed by atoms with van der Waals surface area (Å²) in [7, 11) is 0. The Labute approximate surface area is 121 Å². The number of phenolic OH excluding ortho intramolecular Hbond substituents is 2. The topological polar surface area (TPSA) is 45.4 Å². The predicted molar refractivity (Wildman–Crippen MR) is 86.0 cm³/mol. The van der Waals surface area contributed by atoms with E-state index < -0.39 is 0 Å². The molecule has 0 saturated carbocycles. The highest BCUT2D eigenvalue weighted by Crippen LogP contribution is 2.36. The number of aromatic hydroxyl groups is 2. The van der Waals surface area contributed by atoms with Gasteiger partial charge in [-0.2, -0.15) is 0 Å². The Hall–Kier alpha value is -2.68. The molecule has 3 nitrogen and oxygen atoms in total. The third kappa shape index (κ3) is 1.61. The summed E-state index contributed by atoms with van der Waals surface area (Å²) in [6.45, 7) is 2.89. The largest absolute Gasteiger partial charge is 0.508 e. The van der Waals surface area contributed by atoms with Gasteiger partial charge in [0.15, 0.2) is 0 Å². The van der Waals surface area contributed by atoms with Gasteiger partial charge in [-0.05, 0) is 36.6 Å². The summed E-state index contributed by atoms with van der Waals surface area (Å²) in [5.41, 5.74) is 2.12. The lowest BCUT2D eigenvalue weighted by Crippen LogP contribution is -1.93. The van der Waals surface area contributed by atoms with Gasteiger partial charge in [0.2, 0.25) is 0 Å². The highest BCUT2D eigenvalue weighted by Gasteiger charge is 2.13. The zero-order valence-electron chi connectivity index (χ0n) is 11.7. The van der Waals surface area contributed by atoms with Crippen LogP contribution in [0.2, 0.25) is 0 Å². The molecule has 0 aliphatic rings. The number of nitrogens with zero attached hydrogens (tertiary/aromatic N) is 1. The third-order valence-electron chi connectivity index (χ3n) is 4.13. The second-order valence-corrected chi connectivity index (χ2v) is 5.31. The van der Waals surface area contributed by atoms with Gasteiger partial charge in [-0.3, -0.25) is 0 Å². The summed E-state index contributed by atoms with van der Waals surface area (Å²) in [4.78, 5) is 0. The van der Waals surface area contributed by atoms with Crippen LogP contribution < -0.4 is 0 Å². The van der Waals surface area contributed by atoms with Gasteiger partial charge >= 0.3 is 0 Å². The molecule has 1 heterocycles. The number of hydrogen-bond acceptors (Lipinski definition) is 2. The second-order valence-electron chi connectivity index (χ2n) is 5.31. The summed E-state index contributed by atoms with van der Waals surface area (Å²) in [6.07, 6.45) is 0. The van der Waals surface area contributed by atoms with Gasteiger partial charge in [0.05, 0.1) is 11.0 Å². The Morgan fingerprint density at radius 2 is 1.48 bits per heavy atom. The predicted octanol–water partition coefficient (Wildman–Crippen LogP) is 4.38. The molecule has 0 unspecified atom stereocenters. The van der Waals surface area contributed by atoms with E-state index in [1.54, 1.807) is 18.2 Å². The number of fused-ring (bicyclic) bond motifs is 5. The molecule has 0 aliphatic carbocycles. The smallest absolute Gasteiger partial charge is 0.117 e. The summed E-state index contributed by atoms with van der Waals surface area (Å²) in [5, 5.41) is 24.0. The van der Waals surface area contributed by atoms with E-state index in [0.717, 1.165) is 39.1 Å². The van der Waals surface area contributed by atoms with Crippen molar-refractivity contribution >= 4 is 32.6 Å². The number of phenols is 2. The van der Waals surface area contributed by atoms with Crippen LogP contribution >= 0.6 is 0 Å². The summed E-state index contributed by atoms with van der Waals surface area (Å²) < 4.78 is 2.19. The fraction of sp³-hybridized carbons (Fsp3) is 0.111. The fourth-order valence-corrected chi connectivity index (χ4v) is 3.22. The first kappa shape index (κ1) is 12.1. The minimum absolute atomic E-state index is 0.269. The van der Waals surface area contributed by atoms with Crippen molar-refractivity contribution in [3.05, 3.63) is 48.5 Å². The molecule has 0 amide bonds. The number of aryl methyl sites for hydroxylation is 1. The third-order valence-corrected chi connectivity index (χ3v) is 4.13. The van der Waals surface area contributed by atoms with Crippen LogP contribution in [0.15, 0.2) is 48.5 Å². The Bertz CT molecular complexity index is 999. The van der Waals surface area contributed by atoms with Crippen molar-refractivity contribution < 1.29 is 10.2 Å². The molecular weight excluding hydrogens is 262 g/mol. The van der Waals surface area contributed by atoms with E-state index in [1.165, 1.54) is 0 Å². The average Bonchev–Trinajstić information content (AvgIpc) is 2.80. The van der Waals surface area contributed by atoms with E-state index in [1.807, 2.05) is 18.2 Å². The van der Waals surface area contributed by atoms with Gasteiger partial charge in [0, 0.05) is 28.8 Å². The Morgan fingerprint density at radius 3 is 2.29 bits per heavy atom. The molecule has 4 aromatic rings. The van der Waals surface area contributed by atoms with Crippen molar-refractivity contribution in [1.82, 2.24) is 4.57 Å². The lowest BCUT2D eigenvalue weighted by atomic mass is 10.1. The van der Waals surface area contributed by atoms with E-state index in [4.69, 9.17) is 0 Å². The van der Waals surface area contributed by atoms with Gasteiger partial charge < -0.3 is 14.8 Å². The molecule has 0 radical (unpaired) electrons. The van der Waals surface area contributed by atoms with Crippen LogP contribution in [0, 0.1) is 0 Å². The molecule has 0 saturated heterocycles. The van der Waals surface area contributed by atoms with E-state index in [-0.39, 0.29) is 11.5 Å². The Kier molecular flexibility index (Phi) is 2.39. The Balaban J connectivity index is 2.32. The van der Waals surface area contributed by atoms with Crippen molar-refractivity contribution in [2.75, 3.05) is 0 Å². The van der Waals surface area contributed by atoms with Gasteiger partial charge in [-0.1, -0.05) is 18.2 Å². The van der Waals surface area contributed by atoms with E-state index in [2.05, 4.69) is 23.6 Å². The molecule has 0 bridgehead atoms. The number of rotatable bonds is 1. The molecule has 0 aliphatic heterocycles. The first-order chi connectivity index (χ1) is 10.2.